The summed E-state index contributed by atoms with van der Waals surface area (Å²) in [6.07, 6.45) is 1.65. The molecule has 0 aliphatic carbocycles. The topological polar surface area (TPSA) is 56.6 Å². The van der Waals surface area contributed by atoms with Crippen LogP contribution in [0.15, 0.2) is 24.3 Å². The molecule has 0 spiro atoms. The Balaban J connectivity index is 1.93. The van der Waals surface area contributed by atoms with E-state index < -0.39 is 0 Å². The van der Waals surface area contributed by atoms with Gasteiger partial charge < -0.3 is 9.64 Å². The highest BCUT2D eigenvalue weighted by Crippen LogP contribution is 2.26. The quantitative estimate of drug-likeness (QED) is 0.856. The van der Waals surface area contributed by atoms with E-state index in [-0.39, 0.29) is 18.2 Å². The second-order valence-corrected chi connectivity index (χ2v) is 5.99. The van der Waals surface area contributed by atoms with Crippen LogP contribution in [0.2, 0.25) is 0 Å². The first kappa shape index (κ1) is 17.3. The number of hydrogen-bond acceptors (Lipinski definition) is 4. The highest BCUT2D eigenvalue weighted by molar-refractivity contribution is 5.67. The van der Waals surface area contributed by atoms with Crippen molar-refractivity contribution in [1.29, 1.82) is 5.26 Å². The van der Waals surface area contributed by atoms with E-state index >= 15 is 0 Å². The fourth-order valence-corrected chi connectivity index (χ4v) is 3.11. The summed E-state index contributed by atoms with van der Waals surface area (Å²) in [5.41, 5.74) is 1.87. The Kier molecular flexibility index (Phi) is 6.00. The molecule has 1 atom stereocenters. The van der Waals surface area contributed by atoms with Crippen molar-refractivity contribution >= 4 is 6.09 Å². The predicted octanol–water partition coefficient (Wildman–Crippen LogP) is 3.17. The lowest BCUT2D eigenvalue weighted by Crippen LogP contribution is -2.46. The zero-order valence-electron chi connectivity index (χ0n) is 14.2. The van der Waals surface area contributed by atoms with Gasteiger partial charge in [-0.3, -0.25) is 4.90 Å². The summed E-state index contributed by atoms with van der Waals surface area (Å²) in [6.45, 7) is 6.28. The monoisotopic (exact) mass is 315 g/mol. The number of carbonyl (C=O) groups excluding carboxylic acids is 1. The van der Waals surface area contributed by atoms with Crippen molar-refractivity contribution in [3.05, 3.63) is 35.4 Å². The minimum atomic E-state index is -0.235. The van der Waals surface area contributed by atoms with Gasteiger partial charge in [-0.15, -0.1) is 0 Å². The normalized spacial score (nSPS) is 17.3. The van der Waals surface area contributed by atoms with Gasteiger partial charge in [-0.05, 0) is 44.4 Å². The Hall–Kier alpha value is -2.06. The van der Waals surface area contributed by atoms with E-state index in [0.717, 1.165) is 25.9 Å². The zero-order valence-corrected chi connectivity index (χ0v) is 14.2. The van der Waals surface area contributed by atoms with Gasteiger partial charge in [0.2, 0.25) is 0 Å². The minimum Gasteiger partial charge on any atom is -0.450 e. The Morgan fingerprint density at radius 3 is 2.78 bits per heavy atom. The molecule has 2 rings (SSSR count). The highest BCUT2D eigenvalue weighted by Gasteiger charge is 2.28. The average Bonchev–Trinajstić information content (AvgIpc) is 2.60. The van der Waals surface area contributed by atoms with Crippen LogP contribution in [0.3, 0.4) is 0 Å². The first-order valence-electron chi connectivity index (χ1n) is 8.20. The van der Waals surface area contributed by atoms with Crippen molar-refractivity contribution in [2.24, 2.45) is 0 Å². The smallest absolute Gasteiger partial charge is 0.409 e. The van der Waals surface area contributed by atoms with Crippen molar-refractivity contribution < 1.29 is 9.53 Å². The number of ether oxygens (including phenoxy) is 1. The molecule has 1 aromatic carbocycles. The van der Waals surface area contributed by atoms with Crippen LogP contribution in [0.1, 0.15) is 43.9 Å². The molecule has 1 aliphatic rings. The number of carbonyl (C=O) groups is 1. The average molecular weight is 315 g/mol. The lowest BCUT2D eigenvalue weighted by molar-refractivity contribution is 0.0720. The number of nitrogens with zero attached hydrogens (tertiary/aromatic N) is 3. The van der Waals surface area contributed by atoms with Crippen LogP contribution in [0.5, 0.6) is 0 Å². The summed E-state index contributed by atoms with van der Waals surface area (Å²) >= 11 is 0. The molecule has 0 bridgehead atoms. The zero-order chi connectivity index (χ0) is 16.8. The third-order valence-corrected chi connectivity index (χ3v) is 4.65. The Bertz CT molecular complexity index is 574. The Morgan fingerprint density at radius 1 is 1.48 bits per heavy atom. The highest BCUT2D eigenvalue weighted by atomic mass is 16.6. The standard InChI is InChI=1S/C18H25N3O2/c1-4-23-18(22)20(3)17-8-10-21(11-9-17)14(2)16-7-5-6-15(12-16)13-19/h5-7,12,14,17H,4,8-11H2,1-3H3/t14-/m0/s1. The number of hydrogen-bond donors (Lipinski definition) is 0. The summed E-state index contributed by atoms with van der Waals surface area (Å²) < 4.78 is 5.07. The summed E-state index contributed by atoms with van der Waals surface area (Å²) in [4.78, 5) is 15.9. The molecule has 1 saturated heterocycles. The van der Waals surface area contributed by atoms with Gasteiger partial charge in [0.05, 0.1) is 18.2 Å². The van der Waals surface area contributed by atoms with Gasteiger partial charge in [0.15, 0.2) is 0 Å². The van der Waals surface area contributed by atoms with Crippen LogP contribution in [-0.2, 0) is 4.74 Å². The maximum absolute atomic E-state index is 11.8. The molecule has 1 amide bonds. The van der Waals surface area contributed by atoms with E-state index in [1.165, 1.54) is 5.56 Å². The summed E-state index contributed by atoms with van der Waals surface area (Å²) in [6, 6.07) is 10.5. The number of amides is 1. The van der Waals surface area contributed by atoms with Crippen LogP contribution in [0, 0.1) is 11.3 Å². The van der Waals surface area contributed by atoms with Crippen molar-refractivity contribution in [2.75, 3.05) is 26.7 Å². The van der Waals surface area contributed by atoms with Crippen molar-refractivity contribution in [2.45, 2.75) is 38.8 Å². The van der Waals surface area contributed by atoms with Gasteiger partial charge in [0, 0.05) is 32.2 Å². The van der Waals surface area contributed by atoms with Crippen molar-refractivity contribution in [3.8, 4) is 6.07 Å². The van der Waals surface area contributed by atoms with Crippen LogP contribution < -0.4 is 0 Å². The lowest BCUT2D eigenvalue weighted by atomic mass is 9.98. The molecule has 1 aliphatic heterocycles. The van der Waals surface area contributed by atoms with Gasteiger partial charge in [-0.25, -0.2) is 4.79 Å². The molecule has 1 aromatic rings. The van der Waals surface area contributed by atoms with E-state index in [9.17, 15) is 4.79 Å². The van der Waals surface area contributed by atoms with Gasteiger partial charge in [-0.2, -0.15) is 5.26 Å². The second kappa shape index (κ2) is 7.98. The largest absolute Gasteiger partial charge is 0.450 e. The Morgan fingerprint density at radius 2 is 2.17 bits per heavy atom. The van der Waals surface area contributed by atoms with E-state index in [1.54, 1.807) is 4.90 Å². The lowest BCUT2D eigenvalue weighted by Gasteiger charge is -2.39. The molecule has 0 saturated carbocycles. The molecular weight excluding hydrogens is 290 g/mol. The first-order valence-corrected chi connectivity index (χ1v) is 8.20. The molecule has 0 radical (unpaired) electrons. The predicted molar refractivity (Wildman–Crippen MR) is 89.0 cm³/mol. The van der Waals surface area contributed by atoms with Crippen molar-refractivity contribution in [1.82, 2.24) is 9.80 Å². The van der Waals surface area contributed by atoms with Gasteiger partial charge in [-0.1, -0.05) is 12.1 Å². The second-order valence-electron chi connectivity index (χ2n) is 5.99. The van der Waals surface area contributed by atoms with Gasteiger partial charge in [0.1, 0.15) is 0 Å². The van der Waals surface area contributed by atoms with Gasteiger partial charge in [0.25, 0.3) is 0 Å². The number of likely N-dealkylation sites (tertiary alicyclic amines) is 1. The summed E-state index contributed by atoms with van der Waals surface area (Å²) in [7, 11) is 1.82. The SMILES string of the molecule is CCOC(=O)N(C)C1CCN([C@@H](C)c2cccc(C#N)c2)CC1. The van der Waals surface area contributed by atoms with E-state index in [2.05, 4.69) is 24.0 Å². The number of nitriles is 1. The van der Waals surface area contributed by atoms with E-state index in [1.807, 2.05) is 32.2 Å². The first-order chi connectivity index (χ1) is 11.1. The number of rotatable bonds is 4. The third kappa shape index (κ3) is 4.23. The molecule has 1 heterocycles. The van der Waals surface area contributed by atoms with Gasteiger partial charge >= 0.3 is 6.09 Å². The number of benzene rings is 1. The van der Waals surface area contributed by atoms with Crippen molar-refractivity contribution in [3.63, 3.8) is 0 Å². The molecule has 1 fully saturated rings. The minimum absolute atomic E-state index is 0.235. The maximum atomic E-state index is 11.8. The summed E-state index contributed by atoms with van der Waals surface area (Å²) in [5.74, 6) is 0. The summed E-state index contributed by atoms with van der Waals surface area (Å²) in [5, 5.41) is 9.03. The molecule has 23 heavy (non-hydrogen) atoms. The molecule has 0 N–H and O–H groups in total. The number of piperidine rings is 1. The van der Waals surface area contributed by atoms with E-state index in [0.29, 0.717) is 12.2 Å². The van der Waals surface area contributed by atoms with Crippen LogP contribution in [-0.4, -0.2) is 48.7 Å². The van der Waals surface area contributed by atoms with Crippen LogP contribution >= 0.6 is 0 Å². The fraction of sp³-hybridized carbons (Fsp3) is 0.556. The molecular formula is C18H25N3O2. The molecule has 0 unspecified atom stereocenters. The maximum Gasteiger partial charge on any atom is 0.409 e. The Labute approximate surface area is 138 Å². The molecule has 5 heteroatoms. The molecule has 124 valence electrons. The van der Waals surface area contributed by atoms with Crippen LogP contribution in [0.4, 0.5) is 4.79 Å². The third-order valence-electron chi connectivity index (χ3n) is 4.65. The molecule has 0 aromatic heterocycles. The van der Waals surface area contributed by atoms with Crippen LogP contribution in [0.25, 0.3) is 0 Å². The fourth-order valence-electron chi connectivity index (χ4n) is 3.11. The molecule has 5 nitrogen and oxygen atoms in total. The van der Waals surface area contributed by atoms with E-state index in [4.69, 9.17) is 10.00 Å².